The Morgan fingerprint density at radius 1 is 0.709 bits per heavy atom. The van der Waals surface area contributed by atoms with Gasteiger partial charge in [-0.2, -0.15) is 0 Å². The minimum Gasteiger partial charge on any atom is -0.491 e. The molecule has 0 aliphatic rings. The molecule has 0 radical (unpaired) electrons. The van der Waals surface area contributed by atoms with Crippen molar-refractivity contribution >= 4 is 34.4 Å². The Labute approximate surface area is 322 Å². The van der Waals surface area contributed by atoms with E-state index in [1.807, 2.05) is 78.9 Å². The van der Waals surface area contributed by atoms with Crippen molar-refractivity contribution < 1.29 is 43.2 Å². The molecule has 296 valence electrons. The van der Waals surface area contributed by atoms with Gasteiger partial charge in [0.1, 0.15) is 18.2 Å². The van der Waals surface area contributed by atoms with Crippen molar-refractivity contribution in [1.82, 2.24) is 15.6 Å². The van der Waals surface area contributed by atoms with E-state index < -0.39 is 17.9 Å². The molecule has 0 spiro atoms. The highest BCUT2D eigenvalue weighted by Crippen LogP contribution is 2.35. The summed E-state index contributed by atoms with van der Waals surface area (Å²) < 4.78 is 27.9. The van der Waals surface area contributed by atoms with E-state index >= 15 is 0 Å². The van der Waals surface area contributed by atoms with Crippen molar-refractivity contribution in [1.29, 1.82) is 0 Å². The standard InChI is InChI=1S/C41H53N5O9/c42-17-20-51-21-22-52-23-24-53-25-26-54-27-28-55-37-16-15-33(34-7-1-2-8-35(34)37)31-11-13-32(14-12-31)36(29-41(49)50)46-40(48)30-45-39(47)10-4-6-19-44-38-9-3-5-18-43-38/h1-3,5,7-9,11-16,18,36H,4,6,10,17,19-30,42H2,(H,43,44)(H,45,47)(H,46,48)(H,49,50). The summed E-state index contributed by atoms with van der Waals surface area (Å²) in [6, 6.07) is 24.1. The topological polar surface area (TPSA) is 193 Å². The van der Waals surface area contributed by atoms with Crippen LogP contribution in [0.15, 0.2) is 85.1 Å². The lowest BCUT2D eigenvalue weighted by molar-refractivity contribution is -0.138. The van der Waals surface area contributed by atoms with Gasteiger partial charge in [-0.25, -0.2) is 4.98 Å². The van der Waals surface area contributed by atoms with Gasteiger partial charge in [-0.05, 0) is 53.1 Å². The molecule has 0 fully saturated rings. The molecule has 2 amide bonds. The van der Waals surface area contributed by atoms with E-state index in [2.05, 4.69) is 20.9 Å². The van der Waals surface area contributed by atoms with Crippen molar-refractivity contribution in [3.8, 4) is 16.9 Å². The highest BCUT2D eigenvalue weighted by atomic mass is 16.6. The number of fused-ring (bicyclic) bond motifs is 1. The predicted molar refractivity (Wildman–Crippen MR) is 210 cm³/mol. The van der Waals surface area contributed by atoms with E-state index in [0.29, 0.717) is 84.5 Å². The van der Waals surface area contributed by atoms with Crippen LogP contribution in [0.5, 0.6) is 5.75 Å². The summed E-state index contributed by atoms with van der Waals surface area (Å²) in [5.74, 6) is -0.260. The summed E-state index contributed by atoms with van der Waals surface area (Å²) >= 11 is 0. The summed E-state index contributed by atoms with van der Waals surface area (Å²) in [7, 11) is 0. The number of carbonyl (C=O) groups excluding carboxylic acids is 2. The largest absolute Gasteiger partial charge is 0.491 e. The first-order chi connectivity index (χ1) is 26.9. The van der Waals surface area contributed by atoms with E-state index in [1.54, 1.807) is 6.20 Å². The zero-order valence-corrected chi connectivity index (χ0v) is 31.2. The molecule has 55 heavy (non-hydrogen) atoms. The molecule has 1 atom stereocenters. The molecule has 4 rings (SSSR count). The lowest BCUT2D eigenvalue weighted by Crippen LogP contribution is -2.39. The molecule has 1 heterocycles. The van der Waals surface area contributed by atoms with Crippen LogP contribution in [0.2, 0.25) is 0 Å². The zero-order chi connectivity index (χ0) is 38.9. The maximum Gasteiger partial charge on any atom is 0.305 e. The van der Waals surface area contributed by atoms with E-state index in [1.165, 1.54) is 0 Å². The lowest BCUT2D eigenvalue weighted by atomic mass is 9.95. The van der Waals surface area contributed by atoms with Gasteiger partial charge in [0, 0.05) is 31.1 Å². The highest BCUT2D eigenvalue weighted by molar-refractivity contribution is 6.00. The number of amides is 2. The van der Waals surface area contributed by atoms with Crippen molar-refractivity contribution in [2.75, 3.05) is 84.4 Å². The van der Waals surface area contributed by atoms with Gasteiger partial charge in [-0.1, -0.05) is 60.7 Å². The van der Waals surface area contributed by atoms with Crippen LogP contribution in [-0.2, 0) is 33.3 Å². The summed E-state index contributed by atoms with van der Waals surface area (Å²) in [6.07, 6.45) is 3.08. The number of unbranched alkanes of at least 4 members (excludes halogenated alkanes) is 1. The smallest absolute Gasteiger partial charge is 0.305 e. The molecular weight excluding hydrogens is 706 g/mol. The monoisotopic (exact) mass is 759 g/mol. The van der Waals surface area contributed by atoms with Gasteiger partial charge in [-0.15, -0.1) is 0 Å². The summed E-state index contributed by atoms with van der Waals surface area (Å²) in [5, 5.41) is 20.1. The van der Waals surface area contributed by atoms with Gasteiger partial charge in [0.2, 0.25) is 11.8 Å². The molecule has 0 saturated heterocycles. The van der Waals surface area contributed by atoms with Gasteiger partial charge in [-0.3, -0.25) is 14.4 Å². The predicted octanol–water partition coefficient (Wildman–Crippen LogP) is 4.34. The quantitative estimate of drug-likeness (QED) is 0.0516. The van der Waals surface area contributed by atoms with Gasteiger partial charge in [0.15, 0.2) is 0 Å². The van der Waals surface area contributed by atoms with E-state index in [9.17, 15) is 19.5 Å². The molecule has 14 heteroatoms. The fourth-order valence-corrected chi connectivity index (χ4v) is 5.63. The van der Waals surface area contributed by atoms with Crippen LogP contribution >= 0.6 is 0 Å². The number of nitrogens with two attached hydrogens (primary N) is 1. The SMILES string of the molecule is NCCOCCOCCOCCOCCOc1ccc(-c2ccc(C(CC(=O)O)NC(=O)CNC(=O)CCCCNc3ccccn3)cc2)c2ccccc12. The number of nitrogens with zero attached hydrogens (tertiary/aromatic N) is 1. The third-order valence-corrected chi connectivity index (χ3v) is 8.33. The zero-order valence-electron chi connectivity index (χ0n) is 31.2. The van der Waals surface area contributed by atoms with Gasteiger partial charge in [0.25, 0.3) is 0 Å². The maximum absolute atomic E-state index is 12.8. The molecule has 0 aliphatic carbocycles. The summed E-state index contributed by atoms with van der Waals surface area (Å²) in [4.78, 5) is 41.0. The number of carboxylic acid groups (broad SMARTS) is 1. The first kappa shape index (κ1) is 42.6. The number of nitrogens with one attached hydrogen (secondary N) is 3. The second-order valence-corrected chi connectivity index (χ2v) is 12.5. The first-order valence-electron chi connectivity index (χ1n) is 18.6. The molecule has 6 N–H and O–H groups in total. The van der Waals surface area contributed by atoms with Crippen LogP contribution in [0, 0.1) is 0 Å². The average Bonchev–Trinajstić information content (AvgIpc) is 3.20. The second-order valence-electron chi connectivity index (χ2n) is 12.5. The van der Waals surface area contributed by atoms with Crippen LogP contribution in [0.4, 0.5) is 5.82 Å². The fourth-order valence-electron chi connectivity index (χ4n) is 5.63. The van der Waals surface area contributed by atoms with Crippen LogP contribution in [0.1, 0.15) is 37.3 Å². The summed E-state index contributed by atoms with van der Waals surface area (Å²) in [5.41, 5.74) is 7.90. The number of hydrogen-bond acceptors (Lipinski definition) is 11. The minimum atomic E-state index is -1.06. The Kier molecular flexibility index (Phi) is 19.4. The van der Waals surface area contributed by atoms with E-state index in [0.717, 1.165) is 39.9 Å². The van der Waals surface area contributed by atoms with Crippen LogP contribution in [-0.4, -0.2) is 107 Å². The third kappa shape index (κ3) is 16.0. The number of aliphatic carboxylic acids is 1. The van der Waals surface area contributed by atoms with Crippen LogP contribution in [0.3, 0.4) is 0 Å². The number of hydrogen-bond donors (Lipinski definition) is 5. The maximum atomic E-state index is 12.8. The van der Waals surface area contributed by atoms with Crippen molar-refractivity contribution in [3.05, 3.63) is 90.6 Å². The number of carbonyl (C=O) groups is 3. The number of ether oxygens (including phenoxy) is 5. The Morgan fingerprint density at radius 3 is 2.02 bits per heavy atom. The van der Waals surface area contributed by atoms with E-state index in [-0.39, 0.29) is 25.3 Å². The Balaban J connectivity index is 1.21. The molecule has 4 aromatic rings. The molecule has 0 bridgehead atoms. The fraction of sp³-hybridized carbons (Fsp3) is 0.415. The highest BCUT2D eigenvalue weighted by Gasteiger charge is 2.19. The number of benzene rings is 3. The van der Waals surface area contributed by atoms with Crippen LogP contribution < -0.4 is 26.4 Å². The van der Waals surface area contributed by atoms with Gasteiger partial charge in [0.05, 0.1) is 71.9 Å². The summed E-state index contributed by atoms with van der Waals surface area (Å²) in [6.45, 7) is 5.13. The third-order valence-electron chi connectivity index (χ3n) is 8.33. The lowest BCUT2D eigenvalue weighted by Gasteiger charge is -2.19. The molecule has 1 aromatic heterocycles. The first-order valence-corrected chi connectivity index (χ1v) is 18.6. The number of rotatable bonds is 28. The Morgan fingerprint density at radius 2 is 1.36 bits per heavy atom. The second kappa shape index (κ2) is 25.1. The number of carboxylic acids is 1. The Bertz CT molecular complexity index is 1730. The average molecular weight is 760 g/mol. The normalized spacial score (nSPS) is 11.6. The van der Waals surface area contributed by atoms with Gasteiger partial charge < -0.3 is 50.5 Å². The molecule has 0 saturated carbocycles. The molecule has 14 nitrogen and oxygen atoms in total. The van der Waals surface area contributed by atoms with Crippen molar-refractivity contribution in [2.24, 2.45) is 5.73 Å². The minimum absolute atomic E-state index is 0.246. The van der Waals surface area contributed by atoms with Crippen LogP contribution in [0.25, 0.3) is 21.9 Å². The number of pyridine rings is 1. The molecular formula is C41H53N5O9. The van der Waals surface area contributed by atoms with Gasteiger partial charge >= 0.3 is 5.97 Å². The number of anilines is 1. The van der Waals surface area contributed by atoms with Crippen molar-refractivity contribution in [3.63, 3.8) is 0 Å². The molecule has 1 unspecified atom stereocenters. The van der Waals surface area contributed by atoms with Crippen molar-refractivity contribution in [2.45, 2.75) is 31.7 Å². The Hall–Kier alpha value is -5.12. The molecule has 3 aromatic carbocycles. The van der Waals surface area contributed by atoms with E-state index in [4.69, 9.17) is 29.4 Å². The number of aromatic nitrogens is 1. The molecule has 0 aliphatic heterocycles.